The third-order valence-electron chi connectivity index (χ3n) is 3.39. The minimum Gasteiger partial charge on any atom is -0.480 e. The number of carboxylic acid groups (broad SMARTS) is 1. The van der Waals surface area contributed by atoms with Crippen molar-refractivity contribution in [1.82, 2.24) is 4.90 Å². The first-order valence-electron chi connectivity index (χ1n) is 7.36. The summed E-state index contributed by atoms with van der Waals surface area (Å²) in [5, 5.41) is 9.11. The molecule has 0 radical (unpaired) electrons. The Morgan fingerprint density at radius 1 is 1.39 bits per heavy atom. The zero-order valence-corrected chi connectivity index (χ0v) is 15.5. The lowest BCUT2D eigenvalue weighted by molar-refractivity contribution is -0.149. The Balaban J connectivity index is 2.14. The molecule has 23 heavy (non-hydrogen) atoms. The van der Waals surface area contributed by atoms with E-state index in [4.69, 9.17) is 14.4 Å². The van der Waals surface area contributed by atoms with Crippen LogP contribution in [0.15, 0.2) is 0 Å². The van der Waals surface area contributed by atoms with Crippen molar-refractivity contribution in [3.05, 3.63) is 0 Å². The van der Waals surface area contributed by atoms with Crippen LogP contribution >= 0.6 is 22.6 Å². The van der Waals surface area contributed by atoms with Crippen molar-refractivity contribution in [2.45, 2.75) is 25.8 Å². The van der Waals surface area contributed by atoms with Crippen molar-refractivity contribution >= 4 is 44.5 Å². The zero-order valence-electron chi connectivity index (χ0n) is 13.0. The van der Waals surface area contributed by atoms with Gasteiger partial charge >= 0.3 is 5.97 Å². The number of nitrogens with zero attached hydrogens (tertiary/aromatic N) is 1. The van der Waals surface area contributed by atoms with Crippen LogP contribution in [0.1, 0.15) is 19.8 Å². The van der Waals surface area contributed by atoms with Crippen LogP contribution in [0.2, 0.25) is 0 Å². The van der Waals surface area contributed by atoms with Gasteiger partial charge in [0.15, 0.2) is 0 Å². The van der Waals surface area contributed by atoms with E-state index < -0.39 is 22.1 Å². The molecule has 0 aromatic heterocycles. The fourth-order valence-corrected chi connectivity index (χ4v) is 4.14. The number of thioether (sulfide) groups is 1. The van der Waals surface area contributed by atoms with Gasteiger partial charge in [-0.25, -0.2) is 9.00 Å². The molecule has 1 unspecified atom stereocenters. The number of ether oxygens (including phenoxy) is 1. The first-order valence-corrected chi connectivity index (χ1v) is 11.1. The molecule has 7 nitrogen and oxygen atoms in total. The van der Waals surface area contributed by atoms with Crippen LogP contribution in [0.3, 0.4) is 0 Å². The molecule has 1 heterocycles. The highest BCUT2D eigenvalue weighted by Gasteiger charge is 2.35. The van der Waals surface area contributed by atoms with E-state index in [0.717, 1.165) is 23.0 Å². The van der Waals surface area contributed by atoms with Crippen LogP contribution in [0.4, 0.5) is 0 Å². The summed E-state index contributed by atoms with van der Waals surface area (Å²) in [6, 6.07) is -0.673. The van der Waals surface area contributed by atoms with Crippen molar-refractivity contribution in [1.29, 1.82) is 0 Å². The van der Waals surface area contributed by atoms with Gasteiger partial charge in [0.05, 0.1) is 13.2 Å². The van der Waals surface area contributed by atoms with Gasteiger partial charge in [-0.15, -0.1) is 0 Å². The Bertz CT molecular complexity index is 423. The molecular weight excluding hydrogens is 362 g/mol. The predicted molar refractivity (Wildman–Crippen MR) is 92.9 cm³/mol. The van der Waals surface area contributed by atoms with Crippen LogP contribution in [0, 0.1) is 5.92 Å². The van der Waals surface area contributed by atoms with Crippen LogP contribution < -0.4 is 0 Å². The third kappa shape index (κ3) is 7.88. The van der Waals surface area contributed by atoms with E-state index >= 15 is 0 Å². The number of likely N-dealkylation sites (tertiary alicyclic amines) is 1. The Kier molecular flexibility index (Phi) is 10.2. The van der Waals surface area contributed by atoms with Crippen molar-refractivity contribution < 1.29 is 28.2 Å². The molecule has 1 rings (SSSR count). The summed E-state index contributed by atoms with van der Waals surface area (Å²) in [5.74, 6) is 0.588. The van der Waals surface area contributed by atoms with Gasteiger partial charge in [-0.1, -0.05) is 6.92 Å². The summed E-state index contributed by atoms with van der Waals surface area (Å²) < 4.78 is 24.3. The molecule has 2 N–H and O–H groups in total. The minimum atomic E-state index is -1.85. The average Bonchev–Trinajstić information content (AvgIpc) is 2.98. The van der Waals surface area contributed by atoms with Crippen molar-refractivity contribution in [2.75, 3.05) is 37.0 Å². The van der Waals surface area contributed by atoms with Crippen LogP contribution in [-0.2, 0) is 24.4 Å². The lowest BCUT2D eigenvalue weighted by atomic mass is 10.1. The van der Waals surface area contributed by atoms with Crippen molar-refractivity contribution in [3.8, 4) is 0 Å². The van der Waals surface area contributed by atoms with Gasteiger partial charge in [0, 0.05) is 29.7 Å². The van der Waals surface area contributed by atoms with E-state index in [1.807, 2.05) is 6.92 Å². The Morgan fingerprint density at radius 2 is 2.09 bits per heavy atom. The lowest BCUT2D eigenvalue weighted by Gasteiger charge is -2.24. The van der Waals surface area contributed by atoms with Gasteiger partial charge in [0.25, 0.3) is 0 Å². The SMILES string of the molecule is C[C@H](CSCCOCCSS(=O)O)C(=O)N1CCC[C@H]1C(=O)O. The zero-order chi connectivity index (χ0) is 17.2. The number of hydrogen-bond acceptors (Lipinski definition) is 6. The molecule has 0 bridgehead atoms. The molecule has 1 aliphatic heterocycles. The van der Waals surface area contributed by atoms with E-state index in [0.29, 0.717) is 37.7 Å². The van der Waals surface area contributed by atoms with Gasteiger partial charge in [0.1, 0.15) is 6.04 Å². The number of amides is 1. The molecule has 1 fully saturated rings. The fraction of sp³-hybridized carbons (Fsp3) is 0.846. The highest BCUT2D eigenvalue weighted by Crippen LogP contribution is 2.21. The minimum absolute atomic E-state index is 0.0925. The monoisotopic (exact) mass is 385 g/mol. The first kappa shape index (κ1) is 20.8. The highest BCUT2D eigenvalue weighted by atomic mass is 33.1. The molecular formula is C13H23NO6S3. The molecule has 134 valence electrons. The third-order valence-corrected chi connectivity index (χ3v) is 6.23. The number of rotatable bonds is 11. The van der Waals surface area contributed by atoms with Crippen molar-refractivity contribution in [2.24, 2.45) is 5.92 Å². The second-order valence-electron chi connectivity index (χ2n) is 5.16. The Labute approximate surface area is 146 Å². The number of aliphatic carboxylic acids is 1. The lowest BCUT2D eigenvalue weighted by Crippen LogP contribution is -2.43. The van der Waals surface area contributed by atoms with Gasteiger partial charge in [-0.3, -0.25) is 9.35 Å². The number of carbonyl (C=O) groups excluding carboxylic acids is 1. The average molecular weight is 386 g/mol. The summed E-state index contributed by atoms with van der Waals surface area (Å²) in [6.45, 7) is 3.28. The van der Waals surface area contributed by atoms with Gasteiger partial charge in [-0.2, -0.15) is 11.8 Å². The number of carboxylic acids is 1. The molecule has 1 aliphatic rings. The van der Waals surface area contributed by atoms with Crippen LogP contribution in [-0.4, -0.2) is 73.7 Å². The fourth-order valence-electron chi connectivity index (χ4n) is 2.29. The Hall–Kier alpha value is -0.290. The van der Waals surface area contributed by atoms with E-state index in [2.05, 4.69) is 0 Å². The van der Waals surface area contributed by atoms with Gasteiger partial charge in [0.2, 0.25) is 16.0 Å². The maximum Gasteiger partial charge on any atom is 0.326 e. The quantitative estimate of drug-likeness (QED) is 0.312. The normalized spacial score (nSPS) is 20.4. The van der Waals surface area contributed by atoms with Crippen LogP contribution in [0.25, 0.3) is 0 Å². The molecule has 0 aromatic carbocycles. The second-order valence-corrected chi connectivity index (χ2v) is 8.95. The van der Waals surface area contributed by atoms with E-state index in [9.17, 15) is 13.8 Å². The second kappa shape index (κ2) is 11.3. The van der Waals surface area contributed by atoms with E-state index in [1.165, 1.54) is 4.90 Å². The summed E-state index contributed by atoms with van der Waals surface area (Å²) in [7, 11) is -0.928. The smallest absolute Gasteiger partial charge is 0.326 e. The maximum absolute atomic E-state index is 12.3. The maximum atomic E-state index is 12.3. The Morgan fingerprint density at radius 3 is 2.74 bits per heavy atom. The van der Waals surface area contributed by atoms with Gasteiger partial charge in [-0.05, 0) is 23.6 Å². The summed E-state index contributed by atoms with van der Waals surface area (Å²) in [6.07, 6.45) is 1.28. The van der Waals surface area contributed by atoms with Crippen LogP contribution in [0.5, 0.6) is 0 Å². The summed E-state index contributed by atoms with van der Waals surface area (Å²) in [5.41, 5.74) is 0. The highest BCUT2D eigenvalue weighted by molar-refractivity contribution is 8.67. The molecule has 1 saturated heterocycles. The standard InChI is InChI=1S/C13H23NO6S3/c1-10(9-21-7-5-20-6-8-22-23(18)19)12(15)14-4-2-3-11(14)13(16)17/h10-11H,2-9H2,1H3,(H,16,17)(H,18,19)/t10-,11+/m1/s1. The molecule has 0 aliphatic carbocycles. The van der Waals surface area contributed by atoms with Gasteiger partial charge < -0.3 is 14.7 Å². The number of hydrogen-bond donors (Lipinski definition) is 2. The molecule has 0 spiro atoms. The topological polar surface area (TPSA) is 104 Å². The predicted octanol–water partition coefficient (Wildman–Crippen LogP) is 1.32. The molecule has 1 amide bonds. The van der Waals surface area contributed by atoms with E-state index in [1.54, 1.807) is 11.8 Å². The van der Waals surface area contributed by atoms with Crippen molar-refractivity contribution in [3.63, 3.8) is 0 Å². The largest absolute Gasteiger partial charge is 0.480 e. The molecule has 0 saturated carbocycles. The molecule has 3 atom stereocenters. The summed E-state index contributed by atoms with van der Waals surface area (Å²) >= 11 is 1.59. The summed E-state index contributed by atoms with van der Waals surface area (Å²) in [4.78, 5) is 24.9. The molecule has 0 aromatic rings. The molecule has 10 heteroatoms. The van der Waals surface area contributed by atoms with E-state index in [-0.39, 0.29) is 11.8 Å². The number of carbonyl (C=O) groups is 2. The first-order chi connectivity index (χ1) is 10.9.